The normalized spacial score (nSPS) is 12.4. The monoisotopic (exact) mass is 485 g/mol. The minimum atomic E-state index is -3.10. The van der Waals surface area contributed by atoms with Gasteiger partial charge >= 0.3 is 0 Å². The maximum absolute atomic E-state index is 14.9. The fourth-order valence-electron chi connectivity index (χ4n) is 3.35. The van der Waals surface area contributed by atoms with Crippen LogP contribution in [0.15, 0.2) is 58.0 Å². The first-order chi connectivity index (χ1) is 16.2. The Morgan fingerprint density at radius 3 is 2.44 bits per heavy atom. The summed E-state index contributed by atoms with van der Waals surface area (Å²) in [5.41, 5.74) is 3.24. The topological polar surface area (TPSA) is 117 Å². The summed E-state index contributed by atoms with van der Waals surface area (Å²) in [6, 6.07) is 11.8. The number of rotatable bonds is 7. The van der Waals surface area contributed by atoms with Crippen LogP contribution >= 0.6 is 10.6 Å². The molecule has 0 bridgehead atoms. The zero-order valence-electron chi connectivity index (χ0n) is 19.3. The van der Waals surface area contributed by atoms with E-state index in [9.17, 15) is 13.5 Å². The second-order valence-corrected chi connectivity index (χ2v) is 10.7. The third-order valence-corrected chi connectivity index (χ3v) is 7.65. The average molecular weight is 486 g/mol. The number of hydrogen-bond donors (Lipinski definition) is 3. The minimum Gasteiger partial charge on any atom is -0.415 e. The third kappa shape index (κ3) is 4.71. The lowest BCUT2D eigenvalue weighted by molar-refractivity contribution is 0.475. The molecule has 4 aromatic rings. The molecule has 2 heterocycles. The molecule has 10 heteroatoms. The number of halogens is 1. The van der Waals surface area contributed by atoms with Crippen molar-refractivity contribution in [2.45, 2.75) is 37.5 Å². The molecule has 0 aliphatic carbocycles. The van der Waals surface area contributed by atoms with E-state index < -0.39 is 21.7 Å². The number of nitrogens with one attached hydrogen (secondary N) is 1. The predicted molar refractivity (Wildman–Crippen MR) is 132 cm³/mol. The molecule has 0 aliphatic rings. The van der Waals surface area contributed by atoms with E-state index in [-0.39, 0.29) is 23.5 Å². The second-order valence-electron chi connectivity index (χ2n) is 8.11. The van der Waals surface area contributed by atoms with Gasteiger partial charge in [0.25, 0.3) is 5.89 Å². The van der Waals surface area contributed by atoms with E-state index in [4.69, 9.17) is 4.42 Å². The van der Waals surface area contributed by atoms with Gasteiger partial charge in [-0.05, 0) is 63.7 Å². The molecule has 34 heavy (non-hydrogen) atoms. The quantitative estimate of drug-likeness (QED) is 0.301. The van der Waals surface area contributed by atoms with Crippen molar-refractivity contribution in [1.29, 1.82) is 0 Å². The van der Waals surface area contributed by atoms with E-state index in [2.05, 4.69) is 25.5 Å². The SMILES string of the molecule is CNCc1ccc(-c2nnc(-c3nc(-c4ccc(S(O)(O)C(C)C)cc4F)cnc3C)o2)cc1.[HH]. The van der Waals surface area contributed by atoms with Crippen LogP contribution in [0.3, 0.4) is 0 Å². The highest BCUT2D eigenvalue weighted by Crippen LogP contribution is 2.52. The summed E-state index contributed by atoms with van der Waals surface area (Å²) >= 11 is 0. The highest BCUT2D eigenvalue weighted by molar-refractivity contribution is 8.24. The zero-order chi connectivity index (χ0) is 24.5. The summed E-state index contributed by atoms with van der Waals surface area (Å²) in [4.78, 5) is 8.99. The Balaban J connectivity index is 0.00000342. The smallest absolute Gasteiger partial charge is 0.268 e. The molecule has 0 amide bonds. The van der Waals surface area contributed by atoms with Crippen LogP contribution in [0.4, 0.5) is 4.39 Å². The third-order valence-electron chi connectivity index (χ3n) is 5.39. The van der Waals surface area contributed by atoms with Crippen molar-refractivity contribution in [1.82, 2.24) is 25.5 Å². The molecule has 0 fully saturated rings. The molecule has 0 saturated heterocycles. The molecule has 0 spiro atoms. The van der Waals surface area contributed by atoms with Crippen LogP contribution in [0, 0.1) is 12.7 Å². The van der Waals surface area contributed by atoms with E-state index in [1.165, 1.54) is 18.3 Å². The average Bonchev–Trinajstić information content (AvgIpc) is 3.30. The first-order valence-electron chi connectivity index (χ1n) is 10.7. The van der Waals surface area contributed by atoms with Crippen molar-refractivity contribution in [3.05, 3.63) is 65.7 Å². The van der Waals surface area contributed by atoms with Crippen LogP contribution in [0.1, 0.15) is 26.5 Å². The Hall–Kier alpha value is -3.18. The lowest BCUT2D eigenvalue weighted by Gasteiger charge is -2.36. The lowest BCUT2D eigenvalue weighted by Crippen LogP contribution is -2.11. The molecule has 3 N–H and O–H groups in total. The van der Waals surface area contributed by atoms with E-state index in [0.717, 1.165) is 23.7 Å². The summed E-state index contributed by atoms with van der Waals surface area (Å²) in [6.07, 6.45) is 1.45. The number of nitrogens with zero attached hydrogens (tertiary/aromatic N) is 4. The molecule has 0 atom stereocenters. The zero-order valence-corrected chi connectivity index (χ0v) is 20.1. The van der Waals surface area contributed by atoms with Crippen molar-refractivity contribution < 1.29 is 19.3 Å². The Morgan fingerprint density at radius 2 is 1.79 bits per heavy atom. The Bertz CT molecular complexity index is 1320. The lowest BCUT2D eigenvalue weighted by atomic mass is 10.1. The summed E-state index contributed by atoms with van der Waals surface area (Å²) in [6.45, 7) is 5.85. The van der Waals surface area contributed by atoms with Gasteiger partial charge in [0, 0.05) is 24.3 Å². The highest BCUT2D eigenvalue weighted by Gasteiger charge is 2.23. The summed E-state index contributed by atoms with van der Waals surface area (Å²) in [5.74, 6) is -0.116. The van der Waals surface area contributed by atoms with Gasteiger partial charge < -0.3 is 9.73 Å². The molecule has 0 unspecified atom stereocenters. The highest BCUT2D eigenvalue weighted by atomic mass is 32.3. The molecule has 0 saturated carbocycles. The standard InChI is InChI=1S/C24H26FN5O3S.H2/c1-14(2)34(31,32)18-9-10-19(20(25)11-18)21-13-27-15(3)22(28-21)24-30-29-23(33-24)17-7-5-16(6-8-17)12-26-4;/h5-11,13-14,26,31-32H,12H2,1-4H3;1H. The molecule has 180 valence electrons. The number of aromatic nitrogens is 4. The first-order valence-corrected chi connectivity index (χ1v) is 12.3. The van der Waals surface area contributed by atoms with E-state index in [0.29, 0.717) is 17.3 Å². The van der Waals surface area contributed by atoms with Crippen LogP contribution < -0.4 is 5.32 Å². The molecule has 2 aromatic heterocycles. The maximum Gasteiger partial charge on any atom is 0.268 e. The van der Waals surface area contributed by atoms with Gasteiger partial charge in [0.15, 0.2) is 0 Å². The van der Waals surface area contributed by atoms with Gasteiger partial charge in [0.1, 0.15) is 11.5 Å². The van der Waals surface area contributed by atoms with Gasteiger partial charge in [-0.15, -0.1) is 10.2 Å². The van der Waals surface area contributed by atoms with E-state index in [1.54, 1.807) is 20.8 Å². The number of hydrogen-bond acceptors (Lipinski definition) is 8. The first kappa shape index (κ1) is 24.0. The molecular weight excluding hydrogens is 457 g/mol. The van der Waals surface area contributed by atoms with Gasteiger partial charge in [-0.2, -0.15) is 10.6 Å². The Kier molecular flexibility index (Phi) is 6.76. The number of benzene rings is 2. The van der Waals surface area contributed by atoms with Gasteiger partial charge in [0.05, 0.1) is 22.5 Å². The van der Waals surface area contributed by atoms with Crippen LogP contribution in [0.25, 0.3) is 34.3 Å². The van der Waals surface area contributed by atoms with Crippen molar-refractivity contribution in [3.63, 3.8) is 0 Å². The molecule has 0 aliphatic heterocycles. The van der Waals surface area contributed by atoms with Crippen molar-refractivity contribution >= 4 is 10.6 Å². The van der Waals surface area contributed by atoms with E-state index >= 15 is 0 Å². The van der Waals surface area contributed by atoms with Crippen molar-refractivity contribution in [2.75, 3.05) is 7.05 Å². The van der Waals surface area contributed by atoms with Crippen molar-refractivity contribution in [2.24, 2.45) is 0 Å². The summed E-state index contributed by atoms with van der Waals surface area (Å²) in [5, 5.41) is 10.9. The van der Waals surface area contributed by atoms with Crippen LogP contribution in [-0.4, -0.2) is 41.6 Å². The molecule has 0 radical (unpaired) electrons. The molecule has 4 rings (SSSR count). The van der Waals surface area contributed by atoms with Gasteiger partial charge in [-0.3, -0.25) is 14.1 Å². The van der Waals surface area contributed by atoms with Gasteiger partial charge in [-0.25, -0.2) is 9.37 Å². The maximum atomic E-state index is 14.9. The molecular formula is C24H28FN5O3S. The summed E-state index contributed by atoms with van der Waals surface area (Å²) in [7, 11) is -1.21. The van der Waals surface area contributed by atoms with E-state index in [1.807, 2.05) is 31.3 Å². The van der Waals surface area contributed by atoms with Gasteiger partial charge in [-0.1, -0.05) is 12.1 Å². The Morgan fingerprint density at radius 1 is 1.09 bits per heavy atom. The fraction of sp³-hybridized carbons (Fsp3) is 0.250. The molecule has 8 nitrogen and oxygen atoms in total. The van der Waals surface area contributed by atoms with Crippen LogP contribution in [0.2, 0.25) is 0 Å². The summed E-state index contributed by atoms with van der Waals surface area (Å²) < 4.78 is 41.5. The van der Waals surface area contributed by atoms with Crippen LogP contribution in [0.5, 0.6) is 0 Å². The molecule has 2 aromatic carbocycles. The fourth-order valence-corrected chi connectivity index (χ4v) is 4.44. The van der Waals surface area contributed by atoms with Crippen molar-refractivity contribution in [3.8, 4) is 34.3 Å². The second kappa shape index (κ2) is 9.59. The largest absolute Gasteiger partial charge is 0.415 e. The predicted octanol–water partition coefficient (Wildman–Crippen LogP) is 5.79. The van der Waals surface area contributed by atoms with Crippen LogP contribution in [-0.2, 0) is 6.54 Å². The minimum absolute atomic E-state index is 0. The van der Waals surface area contributed by atoms with Gasteiger partial charge in [0.2, 0.25) is 5.89 Å². The number of aryl methyl sites for hydroxylation is 1. The Labute approximate surface area is 200 Å².